The topological polar surface area (TPSA) is 158 Å². The van der Waals surface area contributed by atoms with Gasteiger partial charge in [-0.25, -0.2) is 9.59 Å². The van der Waals surface area contributed by atoms with Crippen LogP contribution in [0, 0.1) is 45.3 Å². The second-order valence-electron chi connectivity index (χ2n) is 10.9. The third-order valence-electron chi connectivity index (χ3n) is 8.45. The van der Waals surface area contributed by atoms with Gasteiger partial charge in [-0.3, -0.25) is 0 Å². The monoisotopic (exact) mass is 624 g/mol. The molecule has 7 rings (SSSR count). The van der Waals surface area contributed by atoms with Gasteiger partial charge < -0.3 is 18.6 Å². The number of benzene rings is 5. The lowest BCUT2D eigenvalue weighted by molar-refractivity contribution is 0.0599. The Hall–Kier alpha value is -7.40. The number of nitrogens with zero attached hydrogens (tertiary/aromatic N) is 6. The van der Waals surface area contributed by atoms with E-state index in [0.29, 0.717) is 77.2 Å². The van der Waals surface area contributed by atoms with E-state index in [1.807, 2.05) is 9.13 Å². The van der Waals surface area contributed by atoms with Gasteiger partial charge in [0, 0.05) is 21.5 Å². The van der Waals surface area contributed by atoms with Crippen molar-refractivity contribution in [2.24, 2.45) is 0 Å². The molecular formula is C38H20N6O4. The van der Waals surface area contributed by atoms with E-state index in [1.54, 1.807) is 78.9 Å². The summed E-state index contributed by atoms with van der Waals surface area (Å²) in [5, 5.41) is 41.4. The van der Waals surface area contributed by atoms with Crippen molar-refractivity contribution in [3.8, 4) is 35.7 Å². The average Bonchev–Trinajstić information content (AvgIpc) is 3.64. The Morgan fingerprint density at radius 1 is 0.479 bits per heavy atom. The summed E-state index contributed by atoms with van der Waals surface area (Å²) in [6.45, 7) is 0. The van der Waals surface area contributed by atoms with Gasteiger partial charge in [-0.1, -0.05) is 0 Å². The van der Waals surface area contributed by atoms with Crippen LogP contribution in [0.4, 0.5) is 0 Å². The molecule has 0 saturated heterocycles. The molecule has 0 saturated carbocycles. The molecule has 0 fully saturated rings. The van der Waals surface area contributed by atoms with Crippen LogP contribution in [0.2, 0.25) is 0 Å². The molecule has 226 valence electrons. The van der Waals surface area contributed by atoms with Gasteiger partial charge in [0.05, 0.1) is 105 Å². The molecule has 2 heterocycles. The van der Waals surface area contributed by atoms with Crippen LogP contribution in [-0.4, -0.2) is 35.3 Å². The Bertz CT molecular complexity index is 2410. The van der Waals surface area contributed by atoms with Crippen LogP contribution in [0.5, 0.6) is 0 Å². The summed E-state index contributed by atoms with van der Waals surface area (Å²) >= 11 is 0. The molecule has 0 spiro atoms. The smallest absolute Gasteiger partial charge is 0.340 e. The molecule has 0 aliphatic heterocycles. The summed E-state index contributed by atoms with van der Waals surface area (Å²) in [6.07, 6.45) is 0. The molecule has 0 atom stereocenters. The number of carbonyl (C=O) groups is 2. The third-order valence-corrected chi connectivity index (χ3v) is 8.45. The average molecular weight is 625 g/mol. The fraction of sp³-hybridized carbons (Fsp3) is 0.0526. The molecule has 0 aliphatic rings. The van der Waals surface area contributed by atoms with Gasteiger partial charge in [-0.05, 0) is 84.9 Å². The maximum absolute atomic E-state index is 13.5. The van der Waals surface area contributed by atoms with E-state index in [2.05, 4.69) is 24.3 Å². The first-order chi connectivity index (χ1) is 23.3. The van der Waals surface area contributed by atoms with Crippen molar-refractivity contribution in [2.45, 2.75) is 0 Å². The first kappa shape index (κ1) is 29.3. The van der Waals surface area contributed by atoms with Crippen LogP contribution in [0.15, 0.2) is 84.9 Å². The van der Waals surface area contributed by atoms with E-state index in [0.717, 1.165) is 0 Å². The zero-order valence-corrected chi connectivity index (χ0v) is 25.4. The van der Waals surface area contributed by atoms with Crippen LogP contribution in [0.25, 0.3) is 55.0 Å². The van der Waals surface area contributed by atoms with Crippen molar-refractivity contribution in [3.05, 3.63) is 118 Å². The summed E-state index contributed by atoms with van der Waals surface area (Å²) in [5.41, 5.74) is 5.06. The molecular weight excluding hydrogens is 604 g/mol. The highest BCUT2D eigenvalue weighted by molar-refractivity contribution is 6.13. The Morgan fingerprint density at radius 2 is 0.771 bits per heavy atom. The van der Waals surface area contributed by atoms with Crippen molar-refractivity contribution >= 4 is 55.6 Å². The molecule has 10 heteroatoms. The standard InChI is InChI=1S/C38H20N6O4/c1-47-37(45)29-15-30(38(46)48-2)36(44-33-9-5-23(19-41)13-27(33)28-14-24(20-42)6-10-34(28)44)16-35(29)43-31-7-3-21(17-39)11-25(31)26-12-22(18-40)4-8-32(26)43/h3-16H,1-2H3. The number of methoxy groups -OCH3 is 2. The summed E-state index contributed by atoms with van der Waals surface area (Å²) in [5.74, 6) is -1.42. The molecule has 2 aromatic heterocycles. The molecule has 5 aromatic carbocycles. The number of aromatic nitrogens is 2. The van der Waals surface area contributed by atoms with Gasteiger partial charge in [-0.15, -0.1) is 0 Å². The lowest BCUT2D eigenvalue weighted by Crippen LogP contribution is -2.15. The van der Waals surface area contributed by atoms with Crippen molar-refractivity contribution in [1.29, 1.82) is 21.0 Å². The van der Waals surface area contributed by atoms with E-state index in [1.165, 1.54) is 20.3 Å². The first-order valence-corrected chi connectivity index (χ1v) is 14.5. The highest BCUT2D eigenvalue weighted by Crippen LogP contribution is 2.39. The highest BCUT2D eigenvalue weighted by atomic mass is 16.5. The molecule has 0 aliphatic carbocycles. The molecule has 0 amide bonds. The quantitative estimate of drug-likeness (QED) is 0.191. The zero-order valence-electron chi connectivity index (χ0n) is 25.4. The molecule has 0 N–H and O–H groups in total. The number of hydrogen-bond acceptors (Lipinski definition) is 8. The maximum Gasteiger partial charge on any atom is 0.340 e. The Morgan fingerprint density at radius 3 is 1.02 bits per heavy atom. The molecule has 0 bridgehead atoms. The number of fused-ring (bicyclic) bond motifs is 6. The second-order valence-corrected chi connectivity index (χ2v) is 10.9. The summed E-state index contributed by atoms with van der Waals surface area (Å²) < 4.78 is 14.1. The Balaban J connectivity index is 1.68. The number of hydrogen-bond donors (Lipinski definition) is 0. The molecule has 48 heavy (non-hydrogen) atoms. The van der Waals surface area contributed by atoms with E-state index >= 15 is 0 Å². The van der Waals surface area contributed by atoms with E-state index in [4.69, 9.17) is 9.47 Å². The van der Waals surface area contributed by atoms with Gasteiger partial charge in [0.25, 0.3) is 0 Å². The van der Waals surface area contributed by atoms with Crippen molar-refractivity contribution in [1.82, 2.24) is 9.13 Å². The molecule has 0 unspecified atom stereocenters. The molecule has 10 nitrogen and oxygen atoms in total. The molecule has 0 radical (unpaired) electrons. The Kier molecular flexibility index (Phi) is 6.84. The van der Waals surface area contributed by atoms with Crippen molar-refractivity contribution in [2.75, 3.05) is 14.2 Å². The van der Waals surface area contributed by atoms with E-state index < -0.39 is 11.9 Å². The Labute approximate surface area is 272 Å². The van der Waals surface area contributed by atoms with Gasteiger partial charge in [0.2, 0.25) is 0 Å². The van der Waals surface area contributed by atoms with Crippen LogP contribution in [-0.2, 0) is 9.47 Å². The first-order valence-electron chi connectivity index (χ1n) is 14.5. The highest BCUT2D eigenvalue weighted by Gasteiger charge is 2.27. The molecule has 7 aromatic rings. The van der Waals surface area contributed by atoms with Crippen LogP contribution in [0.1, 0.15) is 43.0 Å². The fourth-order valence-electron chi connectivity index (χ4n) is 6.34. The zero-order chi connectivity index (χ0) is 33.7. The summed E-state index contributed by atoms with van der Waals surface area (Å²) in [7, 11) is 2.49. The number of rotatable bonds is 4. The van der Waals surface area contributed by atoms with E-state index in [-0.39, 0.29) is 11.1 Å². The predicted molar refractivity (Wildman–Crippen MR) is 177 cm³/mol. The fourth-order valence-corrected chi connectivity index (χ4v) is 6.34. The number of nitriles is 4. The van der Waals surface area contributed by atoms with Gasteiger partial charge in [-0.2, -0.15) is 21.0 Å². The summed E-state index contributed by atoms with van der Waals surface area (Å²) in [6, 6.07) is 32.4. The number of carbonyl (C=O) groups excluding carboxylic acids is 2. The maximum atomic E-state index is 13.5. The van der Waals surface area contributed by atoms with Crippen molar-refractivity contribution < 1.29 is 19.1 Å². The van der Waals surface area contributed by atoms with Crippen LogP contribution >= 0.6 is 0 Å². The van der Waals surface area contributed by atoms with Gasteiger partial charge >= 0.3 is 11.9 Å². The van der Waals surface area contributed by atoms with Gasteiger partial charge in [0.1, 0.15) is 0 Å². The largest absolute Gasteiger partial charge is 0.465 e. The number of ether oxygens (including phenoxy) is 2. The lowest BCUT2D eigenvalue weighted by Gasteiger charge is -2.19. The SMILES string of the molecule is COC(=O)c1cc(C(=O)OC)c(-n2c3ccc(C#N)cc3c3cc(C#N)ccc32)cc1-n1c2ccc(C#N)cc2c2cc(C#N)ccc21. The minimum Gasteiger partial charge on any atom is -0.465 e. The van der Waals surface area contributed by atoms with Gasteiger partial charge in [0.15, 0.2) is 0 Å². The predicted octanol–water partition coefficient (Wildman–Crippen LogP) is 6.94. The summed E-state index contributed by atoms with van der Waals surface area (Å²) in [4.78, 5) is 27.0. The normalized spacial score (nSPS) is 10.8. The van der Waals surface area contributed by atoms with E-state index in [9.17, 15) is 30.6 Å². The number of esters is 2. The minimum atomic E-state index is -0.710. The minimum absolute atomic E-state index is 0.0634. The van der Waals surface area contributed by atoms with Crippen LogP contribution in [0.3, 0.4) is 0 Å². The van der Waals surface area contributed by atoms with Crippen LogP contribution < -0.4 is 0 Å². The van der Waals surface area contributed by atoms with Crippen molar-refractivity contribution in [3.63, 3.8) is 0 Å². The lowest BCUT2D eigenvalue weighted by atomic mass is 10.0. The second kappa shape index (κ2) is 11.2. The third kappa shape index (κ3) is 4.30.